The molecule has 2 fully saturated rings. The summed E-state index contributed by atoms with van der Waals surface area (Å²) in [6, 6.07) is 0. The van der Waals surface area contributed by atoms with Gasteiger partial charge in [0.1, 0.15) is 0 Å². The van der Waals surface area contributed by atoms with Gasteiger partial charge in [0.2, 0.25) is 0 Å². The predicted octanol–water partition coefficient (Wildman–Crippen LogP) is 1.69. The maximum Gasteiger partial charge on any atom is 0.0564 e. The molecule has 1 heterocycles. The van der Waals surface area contributed by atoms with Crippen molar-refractivity contribution in [2.24, 2.45) is 0 Å². The summed E-state index contributed by atoms with van der Waals surface area (Å²) in [5.41, 5.74) is 0. The van der Waals surface area contributed by atoms with Crippen LogP contribution in [0.2, 0.25) is 0 Å². The van der Waals surface area contributed by atoms with Crippen LogP contribution in [0.15, 0.2) is 0 Å². The number of thioether (sulfide) groups is 1. The highest BCUT2D eigenvalue weighted by atomic mass is 32.2. The summed E-state index contributed by atoms with van der Waals surface area (Å²) in [6.45, 7) is 2.20. The molecule has 0 unspecified atom stereocenters. The topological polar surface area (TPSA) is 23.5 Å². The number of likely N-dealkylation sites (tertiary alicyclic amines) is 1. The zero-order valence-electron chi connectivity index (χ0n) is 8.11. The summed E-state index contributed by atoms with van der Waals surface area (Å²) in [5, 5.41) is 10.3. The first kappa shape index (κ1) is 9.81. The van der Waals surface area contributed by atoms with E-state index in [9.17, 15) is 5.11 Å². The zero-order valence-corrected chi connectivity index (χ0v) is 8.93. The maximum absolute atomic E-state index is 9.33. The van der Waals surface area contributed by atoms with Gasteiger partial charge >= 0.3 is 0 Å². The fraction of sp³-hybridized carbons (Fsp3) is 1.00. The van der Waals surface area contributed by atoms with Crippen molar-refractivity contribution in [3.05, 3.63) is 0 Å². The quantitative estimate of drug-likeness (QED) is 0.751. The first-order chi connectivity index (χ1) is 6.34. The lowest BCUT2D eigenvalue weighted by atomic mass is 10.0. The lowest BCUT2D eigenvalue weighted by molar-refractivity contribution is 0.0915. The smallest absolute Gasteiger partial charge is 0.0564 e. The van der Waals surface area contributed by atoms with Gasteiger partial charge in [-0.05, 0) is 25.7 Å². The molecule has 76 valence electrons. The van der Waals surface area contributed by atoms with Crippen LogP contribution >= 0.6 is 11.8 Å². The number of aliphatic hydroxyl groups excluding tert-OH is 1. The second-order valence-corrected chi connectivity index (χ2v) is 5.46. The molecule has 0 amide bonds. The molecule has 1 saturated carbocycles. The van der Waals surface area contributed by atoms with Crippen molar-refractivity contribution in [3.8, 4) is 0 Å². The summed E-state index contributed by atoms with van der Waals surface area (Å²) in [4.78, 5) is 2.48. The number of nitrogens with zero attached hydrogens (tertiary/aromatic N) is 1. The molecule has 1 aliphatic carbocycles. The number of hydrogen-bond donors (Lipinski definition) is 1. The predicted molar refractivity (Wildman–Crippen MR) is 56.9 cm³/mol. The lowest BCUT2D eigenvalue weighted by Gasteiger charge is -2.32. The maximum atomic E-state index is 9.33. The Morgan fingerprint density at radius 1 is 1.15 bits per heavy atom. The van der Waals surface area contributed by atoms with Crippen LogP contribution in [-0.2, 0) is 0 Å². The van der Waals surface area contributed by atoms with Crippen LogP contribution in [0.25, 0.3) is 0 Å². The number of piperidine rings is 1. The van der Waals surface area contributed by atoms with E-state index in [1.165, 1.54) is 25.1 Å². The number of aliphatic hydroxyl groups is 1. The van der Waals surface area contributed by atoms with Crippen molar-refractivity contribution in [3.63, 3.8) is 0 Å². The van der Waals surface area contributed by atoms with E-state index >= 15 is 0 Å². The van der Waals surface area contributed by atoms with Crippen molar-refractivity contribution in [1.29, 1.82) is 0 Å². The van der Waals surface area contributed by atoms with E-state index in [1.807, 2.05) is 0 Å². The Bertz CT molecular complexity index is 153. The molecule has 0 atom stereocenters. The molecule has 1 N–H and O–H groups in total. The molecule has 2 nitrogen and oxygen atoms in total. The highest BCUT2D eigenvalue weighted by Crippen LogP contribution is 2.31. The Balaban J connectivity index is 1.59. The Morgan fingerprint density at radius 3 is 2.38 bits per heavy atom. The molecular formula is C10H19NOS. The second-order valence-electron chi connectivity index (χ2n) is 4.20. The van der Waals surface area contributed by atoms with Gasteiger partial charge in [-0.3, -0.25) is 4.90 Å². The van der Waals surface area contributed by atoms with E-state index in [-0.39, 0.29) is 6.10 Å². The van der Waals surface area contributed by atoms with Crippen LogP contribution in [0.5, 0.6) is 0 Å². The molecular weight excluding hydrogens is 182 g/mol. The van der Waals surface area contributed by atoms with Gasteiger partial charge in [0.05, 0.1) is 6.10 Å². The Kier molecular flexibility index (Phi) is 3.52. The van der Waals surface area contributed by atoms with Gasteiger partial charge in [-0.2, -0.15) is 0 Å². The van der Waals surface area contributed by atoms with Crippen molar-refractivity contribution in [2.75, 3.05) is 19.0 Å². The normalized spacial score (nSPS) is 27.5. The van der Waals surface area contributed by atoms with Gasteiger partial charge in [0.15, 0.2) is 0 Å². The van der Waals surface area contributed by atoms with Crippen LogP contribution in [0, 0.1) is 0 Å². The average molecular weight is 201 g/mol. The Morgan fingerprint density at radius 2 is 1.85 bits per heavy atom. The van der Waals surface area contributed by atoms with Crippen LogP contribution in [0.4, 0.5) is 0 Å². The van der Waals surface area contributed by atoms with Gasteiger partial charge in [-0.15, -0.1) is 11.8 Å². The van der Waals surface area contributed by atoms with Crippen LogP contribution < -0.4 is 0 Å². The molecule has 0 aromatic heterocycles. The van der Waals surface area contributed by atoms with Gasteiger partial charge in [0.25, 0.3) is 0 Å². The molecule has 2 aliphatic rings. The largest absolute Gasteiger partial charge is 0.393 e. The Labute approximate surface area is 84.7 Å². The minimum absolute atomic E-state index is 0.0232. The van der Waals surface area contributed by atoms with E-state index < -0.39 is 0 Å². The molecule has 1 aliphatic heterocycles. The van der Waals surface area contributed by atoms with Gasteiger partial charge in [0, 0.05) is 24.2 Å². The average Bonchev–Trinajstić information content (AvgIpc) is 2.05. The van der Waals surface area contributed by atoms with Crippen LogP contribution in [0.3, 0.4) is 0 Å². The minimum atomic E-state index is -0.0232. The number of hydrogen-bond acceptors (Lipinski definition) is 3. The van der Waals surface area contributed by atoms with E-state index in [1.54, 1.807) is 0 Å². The molecule has 0 bridgehead atoms. The molecule has 0 spiro atoms. The fourth-order valence-corrected chi connectivity index (χ4v) is 3.14. The summed E-state index contributed by atoms with van der Waals surface area (Å²) >= 11 is 2.12. The van der Waals surface area contributed by atoms with Crippen molar-refractivity contribution >= 4 is 11.8 Å². The monoisotopic (exact) mass is 201 g/mol. The molecule has 0 aromatic rings. The molecule has 1 saturated heterocycles. The standard InChI is InChI=1S/C10H19NOS/c12-9-4-6-11(7-5-9)8-13-10-2-1-3-10/h9-10,12H,1-8H2. The first-order valence-electron chi connectivity index (χ1n) is 5.36. The number of rotatable bonds is 3. The Hall–Kier alpha value is 0.270. The zero-order chi connectivity index (χ0) is 9.10. The third kappa shape index (κ3) is 2.86. The molecule has 0 aromatic carbocycles. The fourth-order valence-electron chi connectivity index (χ4n) is 1.80. The van der Waals surface area contributed by atoms with Crippen LogP contribution in [0.1, 0.15) is 32.1 Å². The van der Waals surface area contributed by atoms with Gasteiger partial charge in [-0.25, -0.2) is 0 Å². The second kappa shape index (κ2) is 4.67. The summed E-state index contributed by atoms with van der Waals surface area (Å²) < 4.78 is 0. The molecule has 13 heavy (non-hydrogen) atoms. The minimum Gasteiger partial charge on any atom is -0.393 e. The van der Waals surface area contributed by atoms with Gasteiger partial charge in [-0.1, -0.05) is 6.42 Å². The third-order valence-electron chi connectivity index (χ3n) is 3.10. The van der Waals surface area contributed by atoms with Crippen molar-refractivity contribution < 1.29 is 5.11 Å². The van der Waals surface area contributed by atoms with Crippen LogP contribution in [-0.4, -0.2) is 40.3 Å². The van der Waals surface area contributed by atoms with Gasteiger partial charge < -0.3 is 5.11 Å². The summed E-state index contributed by atoms with van der Waals surface area (Å²) in [5.74, 6) is 1.19. The third-order valence-corrected chi connectivity index (χ3v) is 4.56. The molecule has 0 radical (unpaired) electrons. The summed E-state index contributed by atoms with van der Waals surface area (Å²) in [7, 11) is 0. The molecule has 2 rings (SSSR count). The van der Waals surface area contributed by atoms with E-state index in [0.717, 1.165) is 31.2 Å². The van der Waals surface area contributed by atoms with E-state index in [0.29, 0.717) is 0 Å². The molecule has 3 heteroatoms. The van der Waals surface area contributed by atoms with Crippen molar-refractivity contribution in [2.45, 2.75) is 43.5 Å². The SMILES string of the molecule is OC1CCN(CSC2CCC2)CC1. The lowest BCUT2D eigenvalue weighted by Crippen LogP contribution is -2.36. The van der Waals surface area contributed by atoms with E-state index in [2.05, 4.69) is 16.7 Å². The van der Waals surface area contributed by atoms with Crippen molar-refractivity contribution in [1.82, 2.24) is 4.90 Å². The highest BCUT2D eigenvalue weighted by molar-refractivity contribution is 7.99. The first-order valence-corrected chi connectivity index (χ1v) is 6.41. The van der Waals surface area contributed by atoms with E-state index in [4.69, 9.17) is 0 Å². The highest BCUT2D eigenvalue weighted by Gasteiger charge is 2.21. The summed E-state index contributed by atoms with van der Waals surface area (Å²) in [6.07, 6.45) is 6.24.